The summed E-state index contributed by atoms with van der Waals surface area (Å²) in [6.07, 6.45) is 2.12. The van der Waals surface area contributed by atoms with Crippen LogP contribution in [0, 0.1) is 0 Å². The van der Waals surface area contributed by atoms with Gasteiger partial charge in [-0.1, -0.05) is 11.6 Å². The van der Waals surface area contributed by atoms with Crippen molar-refractivity contribution in [1.82, 2.24) is 19.7 Å². The zero-order valence-electron chi connectivity index (χ0n) is 16.4. The molecule has 3 atom stereocenters. The largest absolute Gasteiger partial charge is 0.447 e. The molecule has 2 N–H and O–H groups in total. The van der Waals surface area contributed by atoms with Crippen LogP contribution in [0.1, 0.15) is 25.6 Å². The first-order chi connectivity index (χ1) is 14.4. The number of nitrogens with zero attached hydrogens (tertiary/aromatic N) is 5. The van der Waals surface area contributed by atoms with Gasteiger partial charge >= 0.3 is 6.09 Å². The molecular formula is C20H21ClN6O3. The Morgan fingerprint density at radius 2 is 2.00 bits per heavy atom. The topological polar surface area (TPSA) is 105 Å². The molecule has 0 spiro atoms. The quantitative estimate of drug-likeness (QED) is 0.621. The van der Waals surface area contributed by atoms with Crippen molar-refractivity contribution in [3.63, 3.8) is 0 Å². The van der Waals surface area contributed by atoms with Crippen molar-refractivity contribution in [3.05, 3.63) is 59.5 Å². The molecule has 0 saturated carbocycles. The third kappa shape index (κ3) is 4.07. The fourth-order valence-electron chi connectivity index (χ4n) is 3.18. The van der Waals surface area contributed by atoms with Gasteiger partial charge in [-0.05, 0) is 50.2 Å². The van der Waals surface area contributed by atoms with Crippen molar-refractivity contribution < 1.29 is 14.6 Å². The van der Waals surface area contributed by atoms with E-state index in [0.717, 1.165) is 11.4 Å². The number of cyclic esters (lactones) is 1. The summed E-state index contributed by atoms with van der Waals surface area (Å²) >= 11 is 5.94. The maximum absolute atomic E-state index is 12.1. The molecule has 9 nitrogen and oxygen atoms in total. The lowest BCUT2D eigenvalue weighted by Crippen LogP contribution is -2.41. The van der Waals surface area contributed by atoms with E-state index < -0.39 is 18.2 Å². The van der Waals surface area contributed by atoms with Crippen LogP contribution in [0.4, 0.5) is 16.6 Å². The summed E-state index contributed by atoms with van der Waals surface area (Å²) in [4.78, 5) is 22.1. The van der Waals surface area contributed by atoms with Crippen LogP contribution in [0.2, 0.25) is 5.02 Å². The maximum atomic E-state index is 12.1. The molecule has 1 saturated heterocycles. The van der Waals surface area contributed by atoms with Gasteiger partial charge in [0.25, 0.3) is 0 Å². The van der Waals surface area contributed by atoms with Gasteiger partial charge in [0, 0.05) is 17.4 Å². The molecule has 2 aromatic heterocycles. The maximum Gasteiger partial charge on any atom is 0.416 e. The summed E-state index contributed by atoms with van der Waals surface area (Å²) in [6, 6.07) is 10.2. The molecule has 1 fully saturated rings. The fourth-order valence-corrected chi connectivity index (χ4v) is 3.31. The second-order valence-electron chi connectivity index (χ2n) is 7.02. The number of carbonyl (C=O) groups excluding carboxylic acids is 1. The van der Waals surface area contributed by atoms with Crippen LogP contribution in [0.15, 0.2) is 48.8 Å². The normalized spacial score (nSPS) is 18.2. The minimum absolute atomic E-state index is 0.113. The van der Waals surface area contributed by atoms with Crippen LogP contribution in [0.25, 0.3) is 5.69 Å². The number of aliphatic hydroxyl groups excluding tert-OH is 1. The Morgan fingerprint density at radius 1 is 1.23 bits per heavy atom. The number of amides is 1. The molecule has 1 aromatic carbocycles. The SMILES string of the molecule is C[C@H](Nc1nccc(N2C(=O)OC[C@@H]2[C@@H](C)O)n1)c1ccn(-c2ccc(Cl)cc2)n1. The molecule has 0 aliphatic carbocycles. The summed E-state index contributed by atoms with van der Waals surface area (Å²) in [5.74, 6) is 0.699. The molecule has 1 amide bonds. The number of rotatable bonds is 6. The Morgan fingerprint density at radius 3 is 2.73 bits per heavy atom. The number of aromatic nitrogens is 4. The minimum Gasteiger partial charge on any atom is -0.447 e. The van der Waals surface area contributed by atoms with E-state index in [-0.39, 0.29) is 12.6 Å². The molecule has 0 unspecified atom stereocenters. The molecule has 0 bridgehead atoms. The van der Waals surface area contributed by atoms with Gasteiger partial charge in [-0.25, -0.2) is 14.5 Å². The highest BCUT2D eigenvalue weighted by Crippen LogP contribution is 2.25. The van der Waals surface area contributed by atoms with Gasteiger partial charge < -0.3 is 15.2 Å². The van der Waals surface area contributed by atoms with Crippen LogP contribution < -0.4 is 10.2 Å². The third-order valence-corrected chi connectivity index (χ3v) is 5.09. The summed E-state index contributed by atoms with van der Waals surface area (Å²) in [7, 11) is 0. The Bertz CT molecular complexity index is 1040. The average molecular weight is 429 g/mol. The van der Waals surface area contributed by atoms with E-state index >= 15 is 0 Å². The standard InChI is InChI=1S/C20H21ClN6O3/c1-12(16-8-10-26(25-16)15-5-3-14(21)4-6-15)23-19-22-9-7-18(24-19)27-17(13(2)28)11-30-20(27)29/h3-10,12-13,17,28H,11H2,1-2H3,(H,22,23,24)/t12-,13+,17+/m0/s1. The average Bonchev–Trinajstić information content (AvgIpc) is 3.36. The Labute approximate surface area is 178 Å². The summed E-state index contributed by atoms with van der Waals surface area (Å²) in [6.45, 7) is 3.66. The molecule has 10 heteroatoms. The molecule has 0 radical (unpaired) electrons. The van der Waals surface area contributed by atoms with Crippen molar-refractivity contribution in [2.45, 2.75) is 32.0 Å². The van der Waals surface area contributed by atoms with Gasteiger partial charge in [0.05, 0.1) is 23.5 Å². The number of nitrogens with one attached hydrogen (secondary N) is 1. The number of ether oxygens (including phenoxy) is 1. The van der Waals surface area contributed by atoms with Crippen LogP contribution >= 0.6 is 11.6 Å². The molecule has 1 aliphatic rings. The van der Waals surface area contributed by atoms with Crippen LogP contribution in [-0.2, 0) is 4.74 Å². The van der Waals surface area contributed by atoms with Crippen molar-refractivity contribution in [1.29, 1.82) is 0 Å². The van der Waals surface area contributed by atoms with E-state index in [1.807, 2.05) is 43.5 Å². The van der Waals surface area contributed by atoms with E-state index in [9.17, 15) is 9.90 Å². The highest BCUT2D eigenvalue weighted by molar-refractivity contribution is 6.30. The van der Waals surface area contributed by atoms with Gasteiger partial charge in [-0.2, -0.15) is 10.1 Å². The number of halogens is 1. The zero-order valence-corrected chi connectivity index (χ0v) is 17.2. The molecular weight excluding hydrogens is 408 g/mol. The number of hydrogen-bond acceptors (Lipinski definition) is 7. The van der Waals surface area contributed by atoms with E-state index in [0.29, 0.717) is 16.8 Å². The van der Waals surface area contributed by atoms with E-state index in [1.54, 1.807) is 23.9 Å². The molecule has 156 valence electrons. The summed E-state index contributed by atoms with van der Waals surface area (Å²) in [5, 5.41) is 18.4. The lowest BCUT2D eigenvalue weighted by atomic mass is 10.2. The second-order valence-corrected chi connectivity index (χ2v) is 7.46. The van der Waals surface area contributed by atoms with Gasteiger partial charge in [-0.15, -0.1) is 0 Å². The van der Waals surface area contributed by atoms with Crippen LogP contribution in [0.5, 0.6) is 0 Å². The highest BCUT2D eigenvalue weighted by Gasteiger charge is 2.38. The fraction of sp³-hybridized carbons (Fsp3) is 0.300. The number of benzene rings is 1. The highest BCUT2D eigenvalue weighted by atomic mass is 35.5. The van der Waals surface area contributed by atoms with E-state index in [2.05, 4.69) is 20.4 Å². The Kier molecular flexibility index (Phi) is 5.56. The van der Waals surface area contributed by atoms with Gasteiger partial charge in [0.1, 0.15) is 18.5 Å². The monoisotopic (exact) mass is 428 g/mol. The summed E-state index contributed by atoms with van der Waals surface area (Å²) in [5.41, 5.74) is 1.69. The molecule has 1 aliphatic heterocycles. The van der Waals surface area contributed by atoms with Crippen LogP contribution in [-0.4, -0.2) is 49.7 Å². The number of hydrogen-bond donors (Lipinski definition) is 2. The first-order valence-corrected chi connectivity index (χ1v) is 9.85. The summed E-state index contributed by atoms with van der Waals surface area (Å²) < 4.78 is 6.82. The van der Waals surface area contributed by atoms with Gasteiger partial charge in [-0.3, -0.25) is 4.90 Å². The van der Waals surface area contributed by atoms with Crippen LogP contribution in [0.3, 0.4) is 0 Å². The van der Waals surface area contributed by atoms with Crippen molar-refractivity contribution in [2.24, 2.45) is 0 Å². The molecule has 3 aromatic rings. The van der Waals surface area contributed by atoms with E-state index in [4.69, 9.17) is 16.3 Å². The Hall–Kier alpha value is -3.17. The van der Waals surface area contributed by atoms with Gasteiger partial charge in [0.15, 0.2) is 0 Å². The van der Waals surface area contributed by atoms with Crippen molar-refractivity contribution in [3.8, 4) is 5.69 Å². The van der Waals surface area contributed by atoms with Gasteiger partial charge in [0.2, 0.25) is 5.95 Å². The molecule has 3 heterocycles. The predicted octanol–water partition coefficient (Wildman–Crippen LogP) is 3.19. The predicted molar refractivity (Wildman–Crippen MR) is 112 cm³/mol. The Balaban J connectivity index is 1.50. The zero-order chi connectivity index (χ0) is 21.3. The smallest absolute Gasteiger partial charge is 0.416 e. The first-order valence-electron chi connectivity index (χ1n) is 9.47. The minimum atomic E-state index is -0.751. The van der Waals surface area contributed by atoms with E-state index in [1.165, 1.54) is 4.90 Å². The number of carbonyl (C=O) groups is 1. The molecule has 4 rings (SSSR count). The number of aliphatic hydroxyl groups is 1. The lowest BCUT2D eigenvalue weighted by molar-refractivity contribution is 0.142. The molecule has 30 heavy (non-hydrogen) atoms. The third-order valence-electron chi connectivity index (χ3n) is 4.84. The lowest BCUT2D eigenvalue weighted by Gasteiger charge is -2.23. The number of anilines is 2. The van der Waals surface area contributed by atoms with Crippen molar-refractivity contribution in [2.75, 3.05) is 16.8 Å². The second kappa shape index (κ2) is 8.29. The van der Waals surface area contributed by atoms with Crippen molar-refractivity contribution >= 4 is 29.5 Å². The first kappa shape index (κ1) is 20.1.